The van der Waals surface area contributed by atoms with Crippen molar-refractivity contribution >= 4 is 28.4 Å². The Morgan fingerprint density at radius 2 is 1.79 bits per heavy atom. The third kappa shape index (κ3) is 4.95. The summed E-state index contributed by atoms with van der Waals surface area (Å²) in [6, 6.07) is 7.06. The van der Waals surface area contributed by atoms with Gasteiger partial charge in [-0.2, -0.15) is 18.2 Å². The molecule has 3 aromatic rings. The molecule has 2 aromatic heterocycles. The molecule has 2 N–H and O–H groups in total. The number of aromatic amines is 1. The third-order valence-corrected chi connectivity index (χ3v) is 6.18. The van der Waals surface area contributed by atoms with Crippen LogP contribution >= 0.6 is 0 Å². The van der Waals surface area contributed by atoms with Gasteiger partial charge in [-0.05, 0) is 57.0 Å². The van der Waals surface area contributed by atoms with Crippen LogP contribution in [0.15, 0.2) is 41.3 Å². The second-order valence-electron chi connectivity index (χ2n) is 8.61. The van der Waals surface area contributed by atoms with E-state index in [1.807, 2.05) is 11.9 Å². The van der Waals surface area contributed by atoms with Gasteiger partial charge in [-0.3, -0.25) is 4.79 Å². The van der Waals surface area contributed by atoms with Crippen molar-refractivity contribution in [2.75, 3.05) is 30.4 Å². The normalized spacial score (nSPS) is 15.8. The van der Waals surface area contributed by atoms with Gasteiger partial charge in [-0.1, -0.05) is 0 Å². The Morgan fingerprint density at radius 3 is 2.39 bits per heavy atom. The Kier molecular flexibility index (Phi) is 6.29. The molecule has 0 atom stereocenters. The van der Waals surface area contributed by atoms with Gasteiger partial charge in [0.15, 0.2) is 0 Å². The van der Waals surface area contributed by atoms with Crippen LogP contribution in [0.4, 0.5) is 30.6 Å². The summed E-state index contributed by atoms with van der Waals surface area (Å²) in [5.41, 5.74) is -0.261. The van der Waals surface area contributed by atoms with Gasteiger partial charge in [0.1, 0.15) is 11.2 Å². The van der Waals surface area contributed by atoms with E-state index < -0.39 is 11.7 Å². The highest BCUT2D eigenvalue weighted by Crippen LogP contribution is 2.31. The molecular formula is C23H27F3N6O. The molecule has 0 aliphatic carbocycles. The van der Waals surface area contributed by atoms with E-state index in [2.05, 4.69) is 39.0 Å². The molecule has 1 aromatic carbocycles. The number of pyridine rings is 1. The van der Waals surface area contributed by atoms with Gasteiger partial charge in [-0.25, -0.2) is 4.98 Å². The molecule has 0 radical (unpaired) electrons. The summed E-state index contributed by atoms with van der Waals surface area (Å²) in [4.78, 5) is 28.8. The fourth-order valence-corrected chi connectivity index (χ4v) is 4.16. The molecule has 3 heterocycles. The molecule has 4 rings (SSSR count). The van der Waals surface area contributed by atoms with E-state index in [1.165, 1.54) is 18.3 Å². The Labute approximate surface area is 189 Å². The van der Waals surface area contributed by atoms with Crippen LogP contribution in [0.3, 0.4) is 0 Å². The van der Waals surface area contributed by atoms with Crippen molar-refractivity contribution in [3.05, 3.63) is 52.4 Å². The number of likely N-dealkylation sites (tertiary alicyclic amines) is 1. The van der Waals surface area contributed by atoms with E-state index in [1.54, 1.807) is 6.07 Å². The smallest absolute Gasteiger partial charge is 0.341 e. The molecule has 7 nitrogen and oxygen atoms in total. The van der Waals surface area contributed by atoms with E-state index in [0.29, 0.717) is 23.2 Å². The zero-order valence-electron chi connectivity index (χ0n) is 18.8. The number of nitrogens with zero attached hydrogens (tertiary/aromatic N) is 4. The number of rotatable bonds is 5. The Bertz CT molecular complexity index is 1170. The number of nitrogens with one attached hydrogen (secondary N) is 2. The minimum absolute atomic E-state index is 0.248. The van der Waals surface area contributed by atoms with Crippen molar-refractivity contribution in [2.24, 2.45) is 0 Å². The monoisotopic (exact) mass is 460 g/mol. The summed E-state index contributed by atoms with van der Waals surface area (Å²) in [6.07, 6.45) is -0.969. The summed E-state index contributed by atoms with van der Waals surface area (Å²) < 4.78 is 38.7. The highest BCUT2D eigenvalue weighted by Gasteiger charge is 2.30. The Hall–Kier alpha value is -3.14. The molecule has 0 amide bonds. The summed E-state index contributed by atoms with van der Waals surface area (Å²) in [5, 5.41) is 3.27. The first-order valence-corrected chi connectivity index (χ1v) is 10.9. The second kappa shape index (κ2) is 9.01. The number of benzene rings is 1. The SMILES string of the molecule is CC(C)N1CCC(N(C)c2nc(Nc3ccc(C(F)(F)F)cc3)c3c(=O)[nH]ccc3n2)CC1. The quantitative estimate of drug-likeness (QED) is 0.588. The number of halogens is 3. The lowest BCUT2D eigenvalue weighted by Crippen LogP contribution is -2.46. The van der Waals surface area contributed by atoms with Crippen molar-refractivity contribution < 1.29 is 13.2 Å². The van der Waals surface area contributed by atoms with E-state index in [-0.39, 0.29) is 22.8 Å². The van der Waals surface area contributed by atoms with Crippen LogP contribution in [0.25, 0.3) is 10.9 Å². The predicted octanol–water partition coefficient (Wildman–Crippen LogP) is 4.39. The number of hydrogen-bond acceptors (Lipinski definition) is 6. The van der Waals surface area contributed by atoms with Crippen molar-refractivity contribution in [1.82, 2.24) is 19.9 Å². The molecule has 0 saturated carbocycles. The maximum absolute atomic E-state index is 12.9. The first kappa shape index (κ1) is 23.0. The van der Waals surface area contributed by atoms with Gasteiger partial charge < -0.3 is 20.1 Å². The molecule has 0 unspecified atom stereocenters. The number of piperidine rings is 1. The van der Waals surface area contributed by atoms with E-state index in [9.17, 15) is 18.0 Å². The second-order valence-corrected chi connectivity index (χ2v) is 8.61. The Morgan fingerprint density at radius 1 is 1.12 bits per heavy atom. The highest BCUT2D eigenvalue weighted by atomic mass is 19.4. The van der Waals surface area contributed by atoms with Crippen molar-refractivity contribution in [3.8, 4) is 0 Å². The maximum atomic E-state index is 12.9. The number of hydrogen-bond donors (Lipinski definition) is 2. The third-order valence-electron chi connectivity index (χ3n) is 6.18. The summed E-state index contributed by atoms with van der Waals surface area (Å²) in [5.74, 6) is 0.716. The van der Waals surface area contributed by atoms with Gasteiger partial charge in [0, 0.05) is 44.1 Å². The van der Waals surface area contributed by atoms with Crippen LogP contribution in [-0.4, -0.2) is 52.1 Å². The number of fused-ring (bicyclic) bond motifs is 1. The first-order valence-electron chi connectivity index (χ1n) is 10.9. The summed E-state index contributed by atoms with van der Waals surface area (Å²) in [7, 11) is 1.94. The molecule has 0 bridgehead atoms. The minimum atomic E-state index is -4.42. The Balaban J connectivity index is 1.65. The molecule has 176 valence electrons. The summed E-state index contributed by atoms with van der Waals surface area (Å²) in [6.45, 7) is 6.34. The molecule has 1 aliphatic rings. The molecular weight excluding hydrogens is 433 g/mol. The van der Waals surface area contributed by atoms with Crippen LogP contribution in [0.2, 0.25) is 0 Å². The fourth-order valence-electron chi connectivity index (χ4n) is 4.16. The summed E-state index contributed by atoms with van der Waals surface area (Å²) >= 11 is 0. The number of alkyl halides is 3. The zero-order valence-corrected chi connectivity index (χ0v) is 18.8. The van der Waals surface area contributed by atoms with Crippen LogP contribution in [-0.2, 0) is 6.18 Å². The van der Waals surface area contributed by atoms with Crippen LogP contribution in [0.5, 0.6) is 0 Å². The van der Waals surface area contributed by atoms with Crippen LogP contribution < -0.4 is 15.8 Å². The van der Waals surface area contributed by atoms with Crippen molar-refractivity contribution in [3.63, 3.8) is 0 Å². The van der Waals surface area contributed by atoms with Gasteiger partial charge in [-0.15, -0.1) is 0 Å². The van der Waals surface area contributed by atoms with E-state index >= 15 is 0 Å². The maximum Gasteiger partial charge on any atom is 0.416 e. The number of H-pyrrole nitrogens is 1. The molecule has 0 spiro atoms. The molecule has 33 heavy (non-hydrogen) atoms. The van der Waals surface area contributed by atoms with Gasteiger partial charge in [0.25, 0.3) is 5.56 Å². The highest BCUT2D eigenvalue weighted by molar-refractivity contribution is 5.90. The lowest BCUT2D eigenvalue weighted by molar-refractivity contribution is -0.137. The van der Waals surface area contributed by atoms with E-state index in [4.69, 9.17) is 0 Å². The van der Waals surface area contributed by atoms with E-state index in [0.717, 1.165) is 38.1 Å². The van der Waals surface area contributed by atoms with Crippen molar-refractivity contribution in [2.45, 2.75) is 44.9 Å². The number of anilines is 3. The molecule has 1 fully saturated rings. The predicted molar refractivity (Wildman–Crippen MR) is 123 cm³/mol. The van der Waals surface area contributed by atoms with Crippen LogP contribution in [0.1, 0.15) is 32.3 Å². The average Bonchev–Trinajstić information content (AvgIpc) is 2.78. The molecule has 1 aliphatic heterocycles. The first-order chi connectivity index (χ1) is 15.6. The minimum Gasteiger partial charge on any atom is -0.341 e. The molecule has 1 saturated heterocycles. The molecule has 10 heteroatoms. The number of aromatic nitrogens is 3. The standard InChI is InChI=1S/C23H27F3N6O/c1-14(2)32-12-9-17(10-13-32)31(3)22-29-18-8-11-27-21(33)19(18)20(30-22)28-16-6-4-15(5-7-16)23(24,25)26/h4-8,11,14,17H,9-10,12-13H2,1-3H3,(H,27,33)(H,28,29,30). The largest absolute Gasteiger partial charge is 0.416 e. The van der Waals surface area contributed by atoms with Crippen molar-refractivity contribution in [1.29, 1.82) is 0 Å². The topological polar surface area (TPSA) is 77.1 Å². The lowest BCUT2D eigenvalue weighted by atomic mass is 10.0. The fraction of sp³-hybridized carbons (Fsp3) is 0.435. The van der Waals surface area contributed by atoms with Gasteiger partial charge in [0.05, 0.1) is 11.1 Å². The van der Waals surface area contributed by atoms with Gasteiger partial charge >= 0.3 is 6.18 Å². The zero-order chi connectivity index (χ0) is 23.8. The van der Waals surface area contributed by atoms with Gasteiger partial charge in [0.2, 0.25) is 5.95 Å². The lowest BCUT2D eigenvalue weighted by Gasteiger charge is -2.38. The average molecular weight is 461 g/mol. The van der Waals surface area contributed by atoms with Crippen LogP contribution in [0, 0.1) is 0 Å².